The molecule has 0 aromatic rings. The smallest absolute Gasteiger partial charge is 0.314 e. The zero-order valence-corrected chi connectivity index (χ0v) is 11.8. The summed E-state index contributed by atoms with van der Waals surface area (Å²) in [5.74, 6) is -0.185. The molecule has 110 valence electrons. The van der Waals surface area contributed by atoms with Crippen molar-refractivity contribution >= 4 is 12.0 Å². The summed E-state index contributed by atoms with van der Waals surface area (Å²) in [6.07, 6.45) is 7.13. The summed E-state index contributed by atoms with van der Waals surface area (Å²) in [5.41, 5.74) is 0. The number of rotatable bonds is 7. The number of aliphatic carboxylic acids is 1. The molecule has 0 saturated heterocycles. The van der Waals surface area contributed by atoms with Gasteiger partial charge >= 0.3 is 12.0 Å². The van der Waals surface area contributed by atoms with Crippen LogP contribution in [0.5, 0.6) is 0 Å². The molecule has 0 aromatic heterocycles. The van der Waals surface area contributed by atoms with Crippen LogP contribution in [-0.2, 0) is 4.79 Å². The van der Waals surface area contributed by atoms with E-state index in [-0.39, 0.29) is 18.4 Å². The van der Waals surface area contributed by atoms with Gasteiger partial charge in [0.2, 0.25) is 0 Å². The Hall–Kier alpha value is -1.26. The number of carbonyl (C=O) groups excluding carboxylic acids is 1. The molecule has 1 unspecified atom stereocenters. The predicted molar refractivity (Wildman–Crippen MR) is 74.0 cm³/mol. The van der Waals surface area contributed by atoms with Gasteiger partial charge in [-0.3, -0.25) is 4.79 Å². The number of carbonyl (C=O) groups is 2. The minimum Gasteiger partial charge on any atom is -0.481 e. The van der Waals surface area contributed by atoms with E-state index in [1.165, 1.54) is 32.1 Å². The summed E-state index contributed by atoms with van der Waals surface area (Å²) in [7, 11) is 0. The lowest BCUT2D eigenvalue weighted by atomic mass is 9.89. The third-order valence-electron chi connectivity index (χ3n) is 3.87. The van der Waals surface area contributed by atoms with Crippen molar-refractivity contribution in [3.05, 3.63) is 0 Å². The van der Waals surface area contributed by atoms with Gasteiger partial charge in [0, 0.05) is 19.5 Å². The van der Waals surface area contributed by atoms with E-state index in [4.69, 9.17) is 5.11 Å². The Bertz CT molecular complexity index is 288. The van der Waals surface area contributed by atoms with E-state index in [2.05, 4.69) is 10.6 Å². The van der Waals surface area contributed by atoms with Crippen molar-refractivity contribution in [1.82, 2.24) is 10.6 Å². The highest BCUT2D eigenvalue weighted by Crippen LogP contribution is 2.22. The number of hydrogen-bond acceptors (Lipinski definition) is 2. The molecule has 5 heteroatoms. The predicted octanol–water partition coefficient (Wildman–Crippen LogP) is 2.37. The summed E-state index contributed by atoms with van der Waals surface area (Å²) >= 11 is 0. The fourth-order valence-corrected chi connectivity index (χ4v) is 2.54. The normalized spacial score (nSPS) is 17.7. The summed E-state index contributed by atoms with van der Waals surface area (Å²) in [4.78, 5) is 22.2. The molecule has 0 aliphatic heterocycles. The standard InChI is InChI=1S/C14H26N2O3/c1-2-11(8-13(17)18)9-15-14(19)16-10-12-6-4-3-5-7-12/h11-12H,2-10H2,1H3,(H,17,18)(H2,15,16,19). The molecular weight excluding hydrogens is 244 g/mol. The molecule has 0 heterocycles. The van der Waals surface area contributed by atoms with Gasteiger partial charge in [-0.05, 0) is 24.7 Å². The highest BCUT2D eigenvalue weighted by atomic mass is 16.4. The van der Waals surface area contributed by atoms with Crippen molar-refractivity contribution in [3.8, 4) is 0 Å². The maximum Gasteiger partial charge on any atom is 0.314 e. The largest absolute Gasteiger partial charge is 0.481 e. The number of carboxylic acids is 1. The Labute approximate surface area is 115 Å². The Morgan fingerprint density at radius 1 is 1.21 bits per heavy atom. The van der Waals surface area contributed by atoms with Gasteiger partial charge in [0.05, 0.1) is 0 Å². The maximum absolute atomic E-state index is 11.6. The first-order valence-electron chi connectivity index (χ1n) is 7.35. The Kier molecular flexibility index (Phi) is 7.30. The fourth-order valence-electron chi connectivity index (χ4n) is 2.54. The van der Waals surface area contributed by atoms with Gasteiger partial charge < -0.3 is 15.7 Å². The van der Waals surface area contributed by atoms with E-state index in [0.29, 0.717) is 12.5 Å². The average Bonchev–Trinajstić information content (AvgIpc) is 2.42. The summed E-state index contributed by atoms with van der Waals surface area (Å²) < 4.78 is 0. The van der Waals surface area contributed by atoms with Crippen molar-refractivity contribution in [3.63, 3.8) is 0 Å². The number of carboxylic acid groups (broad SMARTS) is 1. The molecule has 2 amide bonds. The first-order chi connectivity index (χ1) is 9.11. The molecule has 1 atom stereocenters. The molecule has 0 spiro atoms. The van der Waals surface area contributed by atoms with E-state index in [0.717, 1.165) is 13.0 Å². The minimum atomic E-state index is -0.809. The van der Waals surface area contributed by atoms with Crippen molar-refractivity contribution in [2.24, 2.45) is 11.8 Å². The van der Waals surface area contributed by atoms with Crippen LogP contribution in [0.25, 0.3) is 0 Å². The summed E-state index contributed by atoms with van der Waals surface area (Å²) in [6, 6.07) is -0.172. The van der Waals surface area contributed by atoms with Crippen LogP contribution in [0.2, 0.25) is 0 Å². The monoisotopic (exact) mass is 270 g/mol. The fraction of sp³-hybridized carbons (Fsp3) is 0.857. The van der Waals surface area contributed by atoms with E-state index in [1.807, 2.05) is 6.92 Å². The molecule has 19 heavy (non-hydrogen) atoms. The van der Waals surface area contributed by atoms with Crippen LogP contribution in [-0.4, -0.2) is 30.2 Å². The van der Waals surface area contributed by atoms with Gasteiger partial charge in [-0.1, -0.05) is 32.6 Å². The molecule has 1 saturated carbocycles. The lowest BCUT2D eigenvalue weighted by molar-refractivity contribution is -0.138. The van der Waals surface area contributed by atoms with Crippen LogP contribution in [0.1, 0.15) is 51.9 Å². The molecule has 3 N–H and O–H groups in total. The first kappa shape index (κ1) is 15.8. The number of hydrogen-bond donors (Lipinski definition) is 3. The van der Waals surface area contributed by atoms with Crippen molar-refractivity contribution < 1.29 is 14.7 Å². The highest BCUT2D eigenvalue weighted by molar-refractivity contribution is 5.74. The Morgan fingerprint density at radius 3 is 2.47 bits per heavy atom. The van der Waals surface area contributed by atoms with Crippen LogP contribution in [0.4, 0.5) is 4.79 Å². The molecular formula is C14H26N2O3. The molecule has 1 aliphatic rings. The third-order valence-corrected chi connectivity index (χ3v) is 3.87. The van der Waals surface area contributed by atoms with Crippen LogP contribution in [0.15, 0.2) is 0 Å². The zero-order chi connectivity index (χ0) is 14.1. The van der Waals surface area contributed by atoms with E-state index in [9.17, 15) is 9.59 Å². The number of nitrogens with one attached hydrogen (secondary N) is 2. The highest BCUT2D eigenvalue weighted by Gasteiger charge is 2.15. The summed E-state index contributed by atoms with van der Waals surface area (Å²) in [5, 5.41) is 14.4. The topological polar surface area (TPSA) is 78.4 Å². The van der Waals surface area contributed by atoms with Crippen LogP contribution in [0, 0.1) is 11.8 Å². The van der Waals surface area contributed by atoms with Crippen LogP contribution in [0.3, 0.4) is 0 Å². The van der Waals surface area contributed by atoms with Crippen molar-refractivity contribution in [2.45, 2.75) is 51.9 Å². The SMILES string of the molecule is CCC(CNC(=O)NCC1CCCCC1)CC(=O)O. The van der Waals surface area contributed by atoms with Gasteiger partial charge in [-0.15, -0.1) is 0 Å². The molecule has 1 aliphatic carbocycles. The second kappa shape index (κ2) is 8.77. The van der Waals surface area contributed by atoms with E-state index >= 15 is 0 Å². The molecule has 5 nitrogen and oxygen atoms in total. The third kappa shape index (κ3) is 7.03. The van der Waals surface area contributed by atoms with E-state index in [1.54, 1.807) is 0 Å². The minimum absolute atomic E-state index is 0.0120. The van der Waals surface area contributed by atoms with Gasteiger partial charge in [-0.25, -0.2) is 4.79 Å². The van der Waals surface area contributed by atoms with Gasteiger partial charge in [0.25, 0.3) is 0 Å². The van der Waals surface area contributed by atoms with Crippen LogP contribution < -0.4 is 10.6 Å². The van der Waals surface area contributed by atoms with Crippen molar-refractivity contribution in [2.75, 3.05) is 13.1 Å². The Balaban J connectivity index is 2.13. The van der Waals surface area contributed by atoms with E-state index < -0.39 is 5.97 Å². The molecule has 1 rings (SSSR count). The Morgan fingerprint density at radius 2 is 1.89 bits per heavy atom. The lowest BCUT2D eigenvalue weighted by Gasteiger charge is -2.22. The van der Waals surface area contributed by atoms with Gasteiger partial charge in [-0.2, -0.15) is 0 Å². The first-order valence-corrected chi connectivity index (χ1v) is 7.35. The molecule has 1 fully saturated rings. The van der Waals surface area contributed by atoms with Crippen molar-refractivity contribution in [1.29, 1.82) is 0 Å². The van der Waals surface area contributed by atoms with Gasteiger partial charge in [0.15, 0.2) is 0 Å². The van der Waals surface area contributed by atoms with Crippen LogP contribution >= 0.6 is 0 Å². The second-order valence-electron chi connectivity index (χ2n) is 5.47. The maximum atomic E-state index is 11.6. The number of urea groups is 1. The number of amides is 2. The zero-order valence-electron chi connectivity index (χ0n) is 11.8. The van der Waals surface area contributed by atoms with Gasteiger partial charge in [0.1, 0.15) is 0 Å². The quantitative estimate of drug-likeness (QED) is 0.664. The lowest BCUT2D eigenvalue weighted by Crippen LogP contribution is -2.40. The molecule has 0 bridgehead atoms. The summed E-state index contributed by atoms with van der Waals surface area (Å²) in [6.45, 7) is 3.11. The molecule has 0 aromatic carbocycles. The second-order valence-corrected chi connectivity index (χ2v) is 5.47. The average molecular weight is 270 g/mol. The molecule has 0 radical (unpaired) electrons.